The van der Waals surface area contributed by atoms with Gasteiger partial charge in [0.1, 0.15) is 12.4 Å². The Labute approximate surface area is 205 Å². The molecular weight excluding hydrogens is 444 g/mol. The lowest BCUT2D eigenvalue weighted by Crippen LogP contribution is -2.33. The van der Waals surface area contributed by atoms with Crippen LogP contribution >= 0.6 is 0 Å². The molecule has 182 valence electrons. The number of hydrogen-bond acceptors (Lipinski definition) is 6. The van der Waals surface area contributed by atoms with Crippen LogP contribution in [-0.2, 0) is 16.1 Å². The normalized spacial score (nSPS) is 15.8. The summed E-state index contributed by atoms with van der Waals surface area (Å²) in [5.74, 6) is 2.65. The summed E-state index contributed by atoms with van der Waals surface area (Å²) in [5.41, 5.74) is 3.54. The lowest BCUT2D eigenvalue weighted by atomic mass is 9.95. The van der Waals surface area contributed by atoms with Gasteiger partial charge in [-0.05, 0) is 42.0 Å². The van der Waals surface area contributed by atoms with Crippen LogP contribution in [0, 0.1) is 5.41 Å². The van der Waals surface area contributed by atoms with Crippen molar-refractivity contribution in [2.75, 3.05) is 27.4 Å². The fraction of sp³-hybridized carbons (Fsp3) is 0.310. The lowest BCUT2D eigenvalue weighted by Gasteiger charge is -2.34. The lowest BCUT2D eigenvalue weighted by molar-refractivity contribution is -0.226. The van der Waals surface area contributed by atoms with Gasteiger partial charge in [-0.3, -0.25) is 0 Å². The molecule has 4 aromatic rings. The van der Waals surface area contributed by atoms with E-state index in [2.05, 4.69) is 13.8 Å². The summed E-state index contributed by atoms with van der Waals surface area (Å²) in [6.07, 6.45) is -0.430. The fourth-order valence-electron chi connectivity index (χ4n) is 4.13. The van der Waals surface area contributed by atoms with Crippen LogP contribution in [0.3, 0.4) is 0 Å². The molecule has 1 aliphatic rings. The second-order valence-electron chi connectivity index (χ2n) is 9.51. The molecule has 0 amide bonds. The van der Waals surface area contributed by atoms with E-state index in [0.29, 0.717) is 48.4 Å². The third kappa shape index (κ3) is 4.99. The molecule has 1 aromatic heterocycles. The van der Waals surface area contributed by atoms with E-state index in [1.807, 2.05) is 66.7 Å². The number of benzene rings is 3. The molecule has 3 aromatic carbocycles. The number of ether oxygens (including phenoxy) is 5. The maximum atomic E-state index is 6.22. The Kier molecular flexibility index (Phi) is 6.41. The Bertz CT molecular complexity index is 1300. The van der Waals surface area contributed by atoms with Gasteiger partial charge in [-0.25, -0.2) is 0 Å². The number of furan rings is 1. The van der Waals surface area contributed by atoms with E-state index >= 15 is 0 Å². The minimum absolute atomic E-state index is 0.00350. The monoisotopic (exact) mass is 474 g/mol. The highest BCUT2D eigenvalue weighted by Gasteiger charge is 2.30. The largest absolute Gasteiger partial charge is 0.493 e. The molecule has 0 atom stereocenters. The molecule has 1 saturated heterocycles. The van der Waals surface area contributed by atoms with E-state index in [1.165, 1.54) is 0 Å². The van der Waals surface area contributed by atoms with Crippen LogP contribution in [0.5, 0.6) is 17.2 Å². The van der Waals surface area contributed by atoms with Crippen molar-refractivity contribution in [3.63, 3.8) is 0 Å². The van der Waals surface area contributed by atoms with Crippen LogP contribution in [0.2, 0.25) is 0 Å². The maximum absolute atomic E-state index is 6.22. The highest BCUT2D eigenvalue weighted by atomic mass is 16.7. The predicted octanol–water partition coefficient (Wildman–Crippen LogP) is 6.77. The van der Waals surface area contributed by atoms with Gasteiger partial charge in [0.15, 0.2) is 29.1 Å². The van der Waals surface area contributed by atoms with Gasteiger partial charge >= 0.3 is 0 Å². The van der Waals surface area contributed by atoms with Crippen molar-refractivity contribution in [3.8, 4) is 28.6 Å². The average Bonchev–Trinajstić information content (AvgIpc) is 3.32. The summed E-state index contributed by atoms with van der Waals surface area (Å²) in [6, 6.07) is 21.8. The van der Waals surface area contributed by atoms with Crippen LogP contribution < -0.4 is 14.2 Å². The third-order valence-corrected chi connectivity index (χ3v) is 6.03. The van der Waals surface area contributed by atoms with E-state index < -0.39 is 6.29 Å². The van der Waals surface area contributed by atoms with Crippen LogP contribution in [0.25, 0.3) is 22.3 Å². The Balaban J connectivity index is 1.42. The fourth-order valence-corrected chi connectivity index (χ4v) is 4.13. The molecular formula is C29H30O6. The molecule has 0 bridgehead atoms. The predicted molar refractivity (Wildman–Crippen MR) is 134 cm³/mol. The van der Waals surface area contributed by atoms with E-state index in [4.69, 9.17) is 28.1 Å². The molecule has 0 saturated carbocycles. The quantitative estimate of drug-likeness (QED) is 0.295. The van der Waals surface area contributed by atoms with Gasteiger partial charge < -0.3 is 28.1 Å². The number of hydrogen-bond donors (Lipinski definition) is 0. The van der Waals surface area contributed by atoms with E-state index in [-0.39, 0.29) is 5.41 Å². The molecule has 0 radical (unpaired) electrons. The Morgan fingerprint density at radius 2 is 1.57 bits per heavy atom. The second kappa shape index (κ2) is 9.64. The zero-order valence-electron chi connectivity index (χ0n) is 20.5. The summed E-state index contributed by atoms with van der Waals surface area (Å²) >= 11 is 0. The van der Waals surface area contributed by atoms with Crippen LogP contribution in [0.1, 0.15) is 31.3 Å². The molecule has 2 heterocycles. The SMILES string of the molecule is COc1cc(-c2cc3cc(C4OCC(C)(C)CO4)cc(OC)c3o2)ccc1OCc1ccccc1. The van der Waals surface area contributed by atoms with Crippen molar-refractivity contribution in [1.29, 1.82) is 0 Å². The average molecular weight is 475 g/mol. The van der Waals surface area contributed by atoms with Crippen molar-refractivity contribution in [2.24, 2.45) is 5.41 Å². The molecule has 0 aliphatic carbocycles. The smallest absolute Gasteiger partial charge is 0.184 e. The van der Waals surface area contributed by atoms with Gasteiger partial charge in [-0.1, -0.05) is 44.2 Å². The van der Waals surface area contributed by atoms with Gasteiger partial charge in [0.05, 0.1) is 27.4 Å². The van der Waals surface area contributed by atoms with Gasteiger partial charge in [0.25, 0.3) is 0 Å². The minimum atomic E-state index is -0.430. The van der Waals surface area contributed by atoms with Gasteiger partial charge in [-0.15, -0.1) is 0 Å². The molecule has 0 unspecified atom stereocenters. The Morgan fingerprint density at radius 1 is 0.829 bits per heavy atom. The van der Waals surface area contributed by atoms with E-state index in [0.717, 1.165) is 22.1 Å². The van der Waals surface area contributed by atoms with Crippen molar-refractivity contribution in [2.45, 2.75) is 26.7 Å². The Hall–Kier alpha value is -3.48. The first-order valence-electron chi connectivity index (χ1n) is 11.7. The number of fused-ring (bicyclic) bond motifs is 1. The van der Waals surface area contributed by atoms with Crippen LogP contribution in [0.4, 0.5) is 0 Å². The molecule has 6 heteroatoms. The first kappa shape index (κ1) is 23.3. The first-order valence-corrected chi connectivity index (χ1v) is 11.7. The maximum Gasteiger partial charge on any atom is 0.184 e. The zero-order chi connectivity index (χ0) is 24.4. The summed E-state index contributed by atoms with van der Waals surface area (Å²) < 4.78 is 35.4. The van der Waals surface area contributed by atoms with Gasteiger partial charge in [0.2, 0.25) is 0 Å². The zero-order valence-corrected chi connectivity index (χ0v) is 20.5. The molecule has 0 N–H and O–H groups in total. The highest BCUT2D eigenvalue weighted by molar-refractivity contribution is 5.88. The molecule has 0 spiro atoms. The van der Waals surface area contributed by atoms with Gasteiger partial charge in [-0.2, -0.15) is 0 Å². The molecule has 5 rings (SSSR count). The van der Waals surface area contributed by atoms with Crippen LogP contribution in [0.15, 0.2) is 71.1 Å². The molecule has 6 nitrogen and oxygen atoms in total. The minimum Gasteiger partial charge on any atom is -0.493 e. The van der Waals surface area contributed by atoms with Crippen molar-refractivity contribution < 1.29 is 28.1 Å². The Morgan fingerprint density at radius 3 is 2.29 bits per heavy atom. The standard InChI is InChI=1S/C29H30O6/c1-29(2)17-33-28(34-18-29)22-12-21-14-24(35-27(21)26(15-22)31-4)20-10-11-23(25(13-20)30-3)32-16-19-8-6-5-7-9-19/h5-15,28H,16-18H2,1-4H3. The summed E-state index contributed by atoms with van der Waals surface area (Å²) in [5, 5.41) is 0.912. The van der Waals surface area contributed by atoms with Crippen LogP contribution in [-0.4, -0.2) is 27.4 Å². The van der Waals surface area contributed by atoms with Gasteiger partial charge in [0, 0.05) is 21.9 Å². The topological polar surface area (TPSA) is 59.3 Å². The van der Waals surface area contributed by atoms with Crippen molar-refractivity contribution in [1.82, 2.24) is 0 Å². The van der Waals surface area contributed by atoms with E-state index in [9.17, 15) is 0 Å². The first-order chi connectivity index (χ1) is 17.0. The van der Waals surface area contributed by atoms with E-state index in [1.54, 1.807) is 14.2 Å². The summed E-state index contributed by atoms with van der Waals surface area (Å²) in [7, 11) is 3.27. The summed E-state index contributed by atoms with van der Waals surface area (Å²) in [4.78, 5) is 0. The number of methoxy groups -OCH3 is 2. The van der Waals surface area contributed by atoms with Crippen molar-refractivity contribution in [3.05, 3.63) is 77.9 Å². The molecule has 1 aliphatic heterocycles. The molecule has 1 fully saturated rings. The second-order valence-corrected chi connectivity index (χ2v) is 9.51. The number of rotatable bonds is 7. The summed E-state index contributed by atoms with van der Waals surface area (Å²) in [6.45, 7) is 5.98. The van der Waals surface area contributed by atoms with Crippen molar-refractivity contribution >= 4 is 11.0 Å². The molecule has 35 heavy (non-hydrogen) atoms. The third-order valence-electron chi connectivity index (χ3n) is 6.03. The highest BCUT2D eigenvalue weighted by Crippen LogP contribution is 2.40.